The average Bonchev–Trinajstić information content (AvgIpc) is 2.77. The minimum Gasteiger partial charge on any atom is -0.339 e. The highest BCUT2D eigenvalue weighted by molar-refractivity contribution is 7.89. The van der Waals surface area contributed by atoms with Gasteiger partial charge in [0.25, 0.3) is 0 Å². The third kappa shape index (κ3) is 6.16. The molecule has 2 aromatic carbocycles. The number of halogens is 1. The molecule has 178 valence electrons. The van der Waals surface area contributed by atoms with Gasteiger partial charge in [0.1, 0.15) is 10.7 Å². The normalized spacial score (nSPS) is 15.8. The van der Waals surface area contributed by atoms with E-state index in [1.165, 1.54) is 19.1 Å². The zero-order valence-corrected chi connectivity index (χ0v) is 19.8. The van der Waals surface area contributed by atoms with Gasteiger partial charge in [-0.25, -0.2) is 12.8 Å². The summed E-state index contributed by atoms with van der Waals surface area (Å²) in [7, 11) is -4.17. The second kappa shape index (κ2) is 10.4. The van der Waals surface area contributed by atoms with Gasteiger partial charge in [0.15, 0.2) is 0 Å². The van der Waals surface area contributed by atoms with Crippen LogP contribution in [0.25, 0.3) is 0 Å². The number of sulfonamides is 1. The third-order valence-corrected chi connectivity index (χ3v) is 7.33. The van der Waals surface area contributed by atoms with Crippen LogP contribution in [-0.4, -0.2) is 68.8 Å². The average molecular weight is 477 g/mol. The van der Waals surface area contributed by atoms with E-state index in [4.69, 9.17) is 0 Å². The molecule has 0 spiro atoms. The largest absolute Gasteiger partial charge is 0.339 e. The zero-order valence-electron chi connectivity index (χ0n) is 19.0. The summed E-state index contributed by atoms with van der Waals surface area (Å²) in [5.41, 5.74) is 2.90. The molecule has 8 nitrogen and oxygen atoms in total. The minimum absolute atomic E-state index is 0.130. The van der Waals surface area contributed by atoms with E-state index in [2.05, 4.69) is 10.0 Å². The molecule has 0 radical (unpaired) electrons. The molecule has 1 aliphatic rings. The molecular weight excluding hydrogens is 447 g/mol. The lowest BCUT2D eigenvalue weighted by atomic mass is 10.1. The van der Waals surface area contributed by atoms with E-state index in [1.54, 1.807) is 4.90 Å². The molecule has 3 rings (SSSR count). The maximum Gasteiger partial charge on any atom is 0.244 e. The number of nitrogens with zero attached hydrogens (tertiary/aromatic N) is 2. The second-order valence-corrected chi connectivity index (χ2v) is 9.85. The Morgan fingerprint density at radius 2 is 1.70 bits per heavy atom. The molecular formula is C23H29FN4O4S. The van der Waals surface area contributed by atoms with Crippen LogP contribution in [0.1, 0.15) is 18.1 Å². The number of piperazine rings is 1. The Morgan fingerprint density at radius 1 is 1.03 bits per heavy atom. The topological polar surface area (TPSA) is 98.8 Å². The molecule has 0 unspecified atom stereocenters. The highest BCUT2D eigenvalue weighted by atomic mass is 32.2. The predicted octanol–water partition coefficient (Wildman–Crippen LogP) is 1.89. The molecule has 0 bridgehead atoms. The van der Waals surface area contributed by atoms with Crippen LogP contribution in [0.15, 0.2) is 47.4 Å². The fraction of sp³-hybridized carbons (Fsp3) is 0.391. The Kier molecular flexibility index (Phi) is 7.83. The van der Waals surface area contributed by atoms with Crippen molar-refractivity contribution in [1.82, 2.24) is 14.5 Å². The minimum atomic E-state index is -4.17. The maximum atomic E-state index is 13.9. The first kappa shape index (κ1) is 24.8. The molecule has 1 saturated heterocycles. The molecule has 2 aromatic rings. The summed E-state index contributed by atoms with van der Waals surface area (Å²) in [6.45, 7) is 7.27. The molecule has 10 heteroatoms. The van der Waals surface area contributed by atoms with Crippen molar-refractivity contribution >= 4 is 27.5 Å². The van der Waals surface area contributed by atoms with Crippen molar-refractivity contribution in [2.45, 2.75) is 31.7 Å². The molecule has 1 fully saturated rings. The molecule has 0 aliphatic carbocycles. The van der Waals surface area contributed by atoms with Gasteiger partial charge in [0.2, 0.25) is 21.8 Å². The maximum absolute atomic E-state index is 13.9. The van der Waals surface area contributed by atoms with Crippen LogP contribution >= 0.6 is 0 Å². The highest BCUT2D eigenvalue weighted by Crippen LogP contribution is 2.18. The van der Waals surface area contributed by atoms with Crippen molar-refractivity contribution in [3.05, 3.63) is 59.4 Å². The van der Waals surface area contributed by atoms with Crippen LogP contribution in [0.2, 0.25) is 0 Å². The quantitative estimate of drug-likeness (QED) is 0.636. The van der Waals surface area contributed by atoms with Crippen LogP contribution < -0.4 is 10.0 Å². The van der Waals surface area contributed by atoms with Crippen LogP contribution in [0.5, 0.6) is 0 Å². The van der Waals surface area contributed by atoms with Crippen molar-refractivity contribution < 1.29 is 22.4 Å². The van der Waals surface area contributed by atoms with Gasteiger partial charge < -0.3 is 10.2 Å². The Balaban J connectivity index is 1.50. The Hall–Kier alpha value is -2.82. The summed E-state index contributed by atoms with van der Waals surface area (Å²) >= 11 is 0. The Morgan fingerprint density at radius 3 is 2.36 bits per heavy atom. The van der Waals surface area contributed by atoms with Gasteiger partial charge in [-0.15, -0.1) is 0 Å². The monoisotopic (exact) mass is 476 g/mol. The third-order valence-electron chi connectivity index (χ3n) is 5.76. The Labute approximate surface area is 193 Å². The van der Waals surface area contributed by atoms with Gasteiger partial charge in [-0.3, -0.25) is 14.5 Å². The number of rotatable bonds is 7. The van der Waals surface area contributed by atoms with E-state index >= 15 is 0 Å². The number of hydrogen-bond acceptors (Lipinski definition) is 5. The second-order valence-electron chi connectivity index (χ2n) is 8.17. The zero-order chi connectivity index (χ0) is 24.2. The number of anilines is 1. The van der Waals surface area contributed by atoms with Gasteiger partial charge >= 0.3 is 0 Å². The van der Waals surface area contributed by atoms with Crippen LogP contribution in [-0.2, 0) is 19.6 Å². The fourth-order valence-corrected chi connectivity index (χ4v) is 4.96. The Bertz CT molecular complexity index is 1130. The first-order valence-electron chi connectivity index (χ1n) is 10.7. The number of nitrogens with one attached hydrogen (secondary N) is 2. The first-order valence-corrected chi connectivity index (χ1v) is 12.2. The molecule has 2 N–H and O–H groups in total. The summed E-state index contributed by atoms with van der Waals surface area (Å²) in [5.74, 6) is -1.40. The van der Waals surface area contributed by atoms with Crippen molar-refractivity contribution in [3.8, 4) is 0 Å². The van der Waals surface area contributed by atoms with Crippen LogP contribution in [0.3, 0.4) is 0 Å². The number of amides is 2. The first-order chi connectivity index (χ1) is 15.6. The van der Waals surface area contributed by atoms with E-state index in [0.29, 0.717) is 26.2 Å². The standard InChI is InChI=1S/C23H29FN4O4S/c1-16-7-6-9-20(17(16)2)25-22(29)15-27-11-13-28(14-12-27)23(30)18(3)26-33(31,32)21-10-5-4-8-19(21)24/h4-10,18,26H,11-15H2,1-3H3,(H,25,29)/t18-/m0/s1. The molecule has 1 heterocycles. The summed E-state index contributed by atoms with van der Waals surface area (Å²) in [6.07, 6.45) is 0. The van der Waals surface area contributed by atoms with Gasteiger partial charge in [-0.2, -0.15) is 4.72 Å². The molecule has 1 aliphatic heterocycles. The molecule has 1 atom stereocenters. The molecule has 2 amide bonds. The number of carbonyl (C=O) groups is 2. The van der Waals surface area contributed by atoms with Crippen LogP contribution in [0, 0.1) is 19.7 Å². The smallest absolute Gasteiger partial charge is 0.244 e. The fourth-order valence-electron chi connectivity index (χ4n) is 3.69. The van der Waals surface area contributed by atoms with Crippen molar-refractivity contribution in [3.63, 3.8) is 0 Å². The van der Waals surface area contributed by atoms with Crippen molar-refractivity contribution in [2.24, 2.45) is 0 Å². The summed E-state index contributed by atoms with van der Waals surface area (Å²) < 4.78 is 41.0. The predicted molar refractivity (Wildman–Crippen MR) is 124 cm³/mol. The van der Waals surface area contributed by atoms with Crippen LogP contribution in [0.4, 0.5) is 10.1 Å². The van der Waals surface area contributed by atoms with E-state index in [1.807, 2.05) is 36.9 Å². The van der Waals surface area contributed by atoms with Crippen molar-refractivity contribution in [1.29, 1.82) is 0 Å². The van der Waals surface area contributed by atoms with Gasteiger partial charge in [0, 0.05) is 31.9 Å². The number of benzene rings is 2. The highest BCUT2D eigenvalue weighted by Gasteiger charge is 2.29. The summed E-state index contributed by atoms with van der Waals surface area (Å²) in [6, 6.07) is 9.70. The summed E-state index contributed by atoms with van der Waals surface area (Å²) in [5, 5.41) is 2.93. The number of aryl methyl sites for hydroxylation is 1. The van der Waals surface area contributed by atoms with E-state index in [-0.39, 0.29) is 12.5 Å². The SMILES string of the molecule is Cc1cccc(NC(=O)CN2CCN(C(=O)[C@H](C)NS(=O)(=O)c3ccccc3F)CC2)c1C. The van der Waals surface area contributed by atoms with E-state index in [0.717, 1.165) is 28.9 Å². The van der Waals surface area contributed by atoms with Gasteiger partial charge in [-0.05, 0) is 50.1 Å². The molecule has 0 aromatic heterocycles. The molecule has 33 heavy (non-hydrogen) atoms. The lowest BCUT2D eigenvalue weighted by molar-refractivity contribution is -0.134. The lowest BCUT2D eigenvalue weighted by Crippen LogP contribution is -2.55. The van der Waals surface area contributed by atoms with Gasteiger partial charge in [-0.1, -0.05) is 24.3 Å². The number of hydrogen-bond donors (Lipinski definition) is 2. The summed E-state index contributed by atoms with van der Waals surface area (Å²) in [4.78, 5) is 28.2. The van der Waals surface area contributed by atoms with E-state index < -0.39 is 32.7 Å². The lowest BCUT2D eigenvalue weighted by Gasteiger charge is -2.35. The number of carbonyl (C=O) groups excluding carboxylic acids is 2. The van der Waals surface area contributed by atoms with Gasteiger partial charge in [0.05, 0.1) is 12.6 Å². The molecule has 0 saturated carbocycles. The van der Waals surface area contributed by atoms with Crippen molar-refractivity contribution in [2.75, 3.05) is 38.0 Å². The van der Waals surface area contributed by atoms with E-state index in [9.17, 15) is 22.4 Å².